The molecule has 0 radical (unpaired) electrons. The van der Waals surface area contributed by atoms with Crippen LogP contribution in [0.2, 0.25) is 0 Å². The van der Waals surface area contributed by atoms with Crippen molar-refractivity contribution in [1.29, 1.82) is 0 Å². The maximum Gasteiger partial charge on any atom is 0.0576 e. The second kappa shape index (κ2) is 7.41. The summed E-state index contributed by atoms with van der Waals surface area (Å²) >= 11 is 1.95. The van der Waals surface area contributed by atoms with Gasteiger partial charge in [-0.05, 0) is 64.1 Å². The molecule has 0 bridgehead atoms. The van der Waals surface area contributed by atoms with E-state index in [9.17, 15) is 0 Å². The summed E-state index contributed by atoms with van der Waals surface area (Å²) in [7, 11) is 0. The largest absolute Gasteiger partial charge is 0.378 e. The maximum atomic E-state index is 5.71. The summed E-state index contributed by atoms with van der Waals surface area (Å²) in [6.45, 7) is 8.65. The Hall–Kier alpha value is -0.380. The first-order valence-electron chi connectivity index (χ1n) is 7.62. The SMILES string of the molecule is CCNC(CCCC1CCCO1)c1cc(C)c(C)s1. The zero-order chi connectivity index (χ0) is 13.7. The molecule has 1 saturated heterocycles. The monoisotopic (exact) mass is 281 g/mol. The summed E-state index contributed by atoms with van der Waals surface area (Å²) in [5.41, 5.74) is 1.43. The zero-order valence-corrected chi connectivity index (χ0v) is 13.3. The van der Waals surface area contributed by atoms with Gasteiger partial charge in [0.15, 0.2) is 0 Å². The van der Waals surface area contributed by atoms with E-state index in [0.29, 0.717) is 12.1 Å². The van der Waals surface area contributed by atoms with Crippen LogP contribution in [0.1, 0.15) is 60.4 Å². The predicted molar refractivity (Wildman–Crippen MR) is 83.0 cm³/mol. The van der Waals surface area contributed by atoms with Crippen molar-refractivity contribution < 1.29 is 4.74 Å². The molecule has 2 rings (SSSR count). The number of hydrogen-bond donors (Lipinski definition) is 1. The Balaban J connectivity index is 1.84. The van der Waals surface area contributed by atoms with Gasteiger partial charge in [-0.2, -0.15) is 0 Å². The first-order valence-corrected chi connectivity index (χ1v) is 8.44. The summed E-state index contributed by atoms with van der Waals surface area (Å²) in [6.07, 6.45) is 6.78. The fourth-order valence-corrected chi connectivity index (χ4v) is 3.94. The van der Waals surface area contributed by atoms with Gasteiger partial charge in [0.2, 0.25) is 0 Å². The lowest BCUT2D eigenvalue weighted by Crippen LogP contribution is -2.20. The van der Waals surface area contributed by atoms with Crippen LogP contribution in [0.4, 0.5) is 0 Å². The molecule has 1 aliphatic rings. The number of rotatable bonds is 7. The highest BCUT2D eigenvalue weighted by atomic mass is 32.1. The van der Waals surface area contributed by atoms with Gasteiger partial charge in [0.1, 0.15) is 0 Å². The van der Waals surface area contributed by atoms with Gasteiger partial charge in [0.05, 0.1) is 6.10 Å². The molecule has 2 nitrogen and oxygen atoms in total. The summed E-state index contributed by atoms with van der Waals surface area (Å²) in [5, 5.41) is 3.63. The molecular formula is C16H27NOS. The Bertz CT molecular complexity index is 363. The smallest absolute Gasteiger partial charge is 0.0576 e. The van der Waals surface area contributed by atoms with Crippen LogP contribution in [0, 0.1) is 13.8 Å². The van der Waals surface area contributed by atoms with E-state index in [1.807, 2.05) is 11.3 Å². The third kappa shape index (κ3) is 4.30. The van der Waals surface area contributed by atoms with Crippen molar-refractivity contribution >= 4 is 11.3 Å². The highest BCUT2D eigenvalue weighted by Crippen LogP contribution is 2.30. The van der Waals surface area contributed by atoms with Gasteiger partial charge in [-0.25, -0.2) is 0 Å². The fraction of sp³-hybridized carbons (Fsp3) is 0.750. The lowest BCUT2D eigenvalue weighted by atomic mass is 10.0. The van der Waals surface area contributed by atoms with Crippen molar-refractivity contribution in [2.75, 3.05) is 13.2 Å². The van der Waals surface area contributed by atoms with Crippen molar-refractivity contribution in [2.45, 2.75) is 65.0 Å². The number of aryl methyl sites for hydroxylation is 2. The van der Waals surface area contributed by atoms with E-state index in [-0.39, 0.29) is 0 Å². The van der Waals surface area contributed by atoms with Gasteiger partial charge < -0.3 is 10.1 Å². The Morgan fingerprint density at radius 3 is 2.89 bits per heavy atom. The normalized spacial score (nSPS) is 20.9. The number of nitrogens with one attached hydrogen (secondary N) is 1. The quantitative estimate of drug-likeness (QED) is 0.801. The molecule has 108 valence electrons. The third-order valence-corrected chi connectivity index (χ3v) is 5.29. The van der Waals surface area contributed by atoms with Gasteiger partial charge in [-0.3, -0.25) is 0 Å². The first kappa shape index (κ1) is 15.0. The maximum absolute atomic E-state index is 5.71. The standard InChI is InChI=1S/C16H27NOS/c1-4-17-15(16-11-12(2)13(3)19-16)9-5-7-14-8-6-10-18-14/h11,14-15,17H,4-10H2,1-3H3. The van der Waals surface area contributed by atoms with Gasteiger partial charge in [0, 0.05) is 22.4 Å². The van der Waals surface area contributed by atoms with Gasteiger partial charge >= 0.3 is 0 Å². The molecule has 1 aromatic heterocycles. The van der Waals surface area contributed by atoms with Crippen molar-refractivity contribution in [3.05, 3.63) is 21.4 Å². The lowest BCUT2D eigenvalue weighted by Gasteiger charge is -2.17. The van der Waals surface area contributed by atoms with Crippen molar-refractivity contribution in [1.82, 2.24) is 5.32 Å². The molecule has 1 aromatic rings. The van der Waals surface area contributed by atoms with E-state index < -0.39 is 0 Å². The van der Waals surface area contributed by atoms with E-state index in [2.05, 4.69) is 32.2 Å². The van der Waals surface area contributed by atoms with Crippen LogP contribution in [0.3, 0.4) is 0 Å². The Labute approximate surface area is 121 Å². The average Bonchev–Trinajstić information content (AvgIpc) is 3.00. The molecule has 1 N–H and O–H groups in total. The van der Waals surface area contributed by atoms with E-state index >= 15 is 0 Å². The van der Waals surface area contributed by atoms with Crippen LogP contribution >= 0.6 is 11.3 Å². The van der Waals surface area contributed by atoms with Crippen LogP contribution in [-0.2, 0) is 4.74 Å². The van der Waals surface area contributed by atoms with Crippen molar-refractivity contribution in [2.24, 2.45) is 0 Å². The predicted octanol–water partition coefficient (Wildman–Crippen LogP) is 4.36. The van der Waals surface area contributed by atoms with Crippen molar-refractivity contribution in [3.63, 3.8) is 0 Å². The van der Waals surface area contributed by atoms with Gasteiger partial charge in [-0.1, -0.05) is 6.92 Å². The Morgan fingerprint density at radius 2 is 2.32 bits per heavy atom. The molecule has 19 heavy (non-hydrogen) atoms. The Kier molecular flexibility index (Phi) is 5.86. The van der Waals surface area contributed by atoms with Crippen LogP contribution in [0.5, 0.6) is 0 Å². The molecule has 3 heteroatoms. The molecule has 2 heterocycles. The average molecular weight is 281 g/mol. The van der Waals surface area contributed by atoms with Crippen LogP contribution < -0.4 is 5.32 Å². The summed E-state index contributed by atoms with van der Waals surface area (Å²) < 4.78 is 5.71. The second-order valence-electron chi connectivity index (χ2n) is 5.56. The molecule has 0 aromatic carbocycles. The molecule has 2 atom stereocenters. The molecular weight excluding hydrogens is 254 g/mol. The number of hydrogen-bond acceptors (Lipinski definition) is 3. The summed E-state index contributed by atoms with van der Waals surface area (Å²) in [4.78, 5) is 2.96. The first-order chi connectivity index (χ1) is 9.20. The third-order valence-electron chi connectivity index (χ3n) is 4.02. The number of ether oxygens (including phenoxy) is 1. The van der Waals surface area contributed by atoms with Crippen LogP contribution in [0.25, 0.3) is 0 Å². The molecule has 1 aliphatic heterocycles. The molecule has 0 aliphatic carbocycles. The van der Waals surface area contributed by atoms with E-state index in [4.69, 9.17) is 4.74 Å². The minimum Gasteiger partial charge on any atom is -0.378 e. The Morgan fingerprint density at radius 1 is 1.47 bits per heavy atom. The molecule has 0 amide bonds. The summed E-state index contributed by atoms with van der Waals surface area (Å²) in [5.74, 6) is 0. The minimum absolute atomic E-state index is 0.531. The van der Waals surface area contributed by atoms with Crippen molar-refractivity contribution in [3.8, 4) is 0 Å². The lowest BCUT2D eigenvalue weighted by molar-refractivity contribution is 0.101. The molecule has 1 fully saturated rings. The second-order valence-corrected chi connectivity index (χ2v) is 6.85. The number of thiophene rings is 1. The minimum atomic E-state index is 0.531. The van der Waals surface area contributed by atoms with E-state index in [1.165, 1.54) is 47.4 Å². The molecule has 0 spiro atoms. The van der Waals surface area contributed by atoms with Crippen LogP contribution in [0.15, 0.2) is 6.07 Å². The molecule has 0 saturated carbocycles. The zero-order valence-electron chi connectivity index (χ0n) is 12.5. The molecule has 2 unspecified atom stereocenters. The van der Waals surface area contributed by atoms with E-state index in [0.717, 1.165) is 13.2 Å². The van der Waals surface area contributed by atoms with E-state index in [1.54, 1.807) is 0 Å². The van der Waals surface area contributed by atoms with Gasteiger partial charge in [-0.15, -0.1) is 11.3 Å². The fourth-order valence-electron chi connectivity index (χ4n) is 2.79. The topological polar surface area (TPSA) is 21.3 Å². The highest BCUT2D eigenvalue weighted by Gasteiger charge is 2.17. The van der Waals surface area contributed by atoms with Crippen LogP contribution in [-0.4, -0.2) is 19.3 Å². The summed E-state index contributed by atoms with van der Waals surface area (Å²) in [6, 6.07) is 2.89. The van der Waals surface area contributed by atoms with Gasteiger partial charge in [0.25, 0.3) is 0 Å². The highest BCUT2D eigenvalue weighted by molar-refractivity contribution is 7.12.